The fourth-order valence-corrected chi connectivity index (χ4v) is 2.90. The Labute approximate surface area is 105 Å². The number of hydrogen-bond acceptors (Lipinski definition) is 5. The van der Waals surface area contributed by atoms with Crippen LogP contribution >= 0.6 is 0 Å². The number of ether oxygens (including phenoxy) is 1. The van der Waals surface area contributed by atoms with Crippen molar-refractivity contribution in [2.75, 3.05) is 13.2 Å². The van der Waals surface area contributed by atoms with E-state index in [1.807, 2.05) is 6.92 Å². The number of carbonyl (C=O) groups is 1. The number of rotatable bonds is 5. The third-order valence-corrected chi connectivity index (χ3v) is 4.35. The fourth-order valence-electron chi connectivity index (χ4n) is 1.87. The molecule has 1 aromatic heterocycles. The lowest BCUT2D eigenvalue weighted by Gasteiger charge is -2.13. The van der Waals surface area contributed by atoms with Crippen molar-refractivity contribution in [2.24, 2.45) is 5.92 Å². The van der Waals surface area contributed by atoms with Crippen molar-refractivity contribution in [3.05, 3.63) is 17.9 Å². The minimum atomic E-state index is -3.69. The Kier molecular flexibility index (Phi) is 3.84. The summed E-state index contributed by atoms with van der Waals surface area (Å²) in [6, 6.07) is 2.59. The van der Waals surface area contributed by atoms with Crippen LogP contribution in [-0.4, -0.2) is 34.0 Å². The second-order valence-corrected chi connectivity index (χ2v) is 5.95. The molecule has 100 valence electrons. The highest BCUT2D eigenvalue weighted by molar-refractivity contribution is 7.89. The van der Waals surface area contributed by atoms with Crippen LogP contribution in [0.5, 0.6) is 0 Å². The molecule has 18 heavy (non-hydrogen) atoms. The second kappa shape index (κ2) is 5.21. The quantitative estimate of drug-likeness (QED) is 0.802. The van der Waals surface area contributed by atoms with Crippen molar-refractivity contribution < 1.29 is 22.4 Å². The van der Waals surface area contributed by atoms with E-state index in [2.05, 4.69) is 4.72 Å². The largest absolute Gasteiger partial charge is 0.440 e. The van der Waals surface area contributed by atoms with E-state index in [1.54, 1.807) is 0 Å². The zero-order chi connectivity index (χ0) is 13.2. The molecule has 2 rings (SSSR count). The zero-order valence-electron chi connectivity index (χ0n) is 9.96. The summed E-state index contributed by atoms with van der Waals surface area (Å²) in [5.74, 6) is 0.160. The van der Waals surface area contributed by atoms with Crippen molar-refractivity contribution in [1.82, 2.24) is 4.72 Å². The molecule has 1 aliphatic rings. The minimum Gasteiger partial charge on any atom is -0.440 e. The number of sulfonamides is 1. The number of furan rings is 1. The van der Waals surface area contributed by atoms with E-state index in [-0.39, 0.29) is 22.9 Å². The third kappa shape index (κ3) is 2.80. The van der Waals surface area contributed by atoms with Gasteiger partial charge < -0.3 is 9.15 Å². The molecule has 0 radical (unpaired) electrons. The van der Waals surface area contributed by atoms with E-state index in [0.29, 0.717) is 19.4 Å². The molecule has 2 unspecified atom stereocenters. The van der Waals surface area contributed by atoms with Crippen LogP contribution in [0.1, 0.15) is 23.9 Å². The van der Waals surface area contributed by atoms with E-state index in [4.69, 9.17) is 9.15 Å². The minimum absolute atomic E-state index is 0.00653. The lowest BCUT2D eigenvalue weighted by molar-refractivity contribution is 0.107. The molecule has 0 amide bonds. The Hall–Kier alpha value is -1.18. The SMILES string of the molecule is CC1OCCC1CNS(=O)(=O)c1ccc(C=O)o1. The fraction of sp³-hybridized carbons (Fsp3) is 0.545. The highest BCUT2D eigenvalue weighted by Crippen LogP contribution is 2.20. The van der Waals surface area contributed by atoms with Gasteiger partial charge in [0.2, 0.25) is 5.09 Å². The second-order valence-electron chi connectivity index (χ2n) is 4.25. The van der Waals surface area contributed by atoms with Crippen molar-refractivity contribution in [3.8, 4) is 0 Å². The summed E-state index contributed by atoms with van der Waals surface area (Å²) >= 11 is 0. The maximum Gasteiger partial charge on any atom is 0.273 e. The van der Waals surface area contributed by atoms with Gasteiger partial charge in [0.1, 0.15) is 0 Å². The summed E-state index contributed by atoms with van der Waals surface area (Å²) in [7, 11) is -3.69. The average Bonchev–Trinajstić information content (AvgIpc) is 2.95. The van der Waals surface area contributed by atoms with Crippen LogP contribution in [0.15, 0.2) is 21.6 Å². The van der Waals surface area contributed by atoms with Gasteiger partial charge in [0.15, 0.2) is 12.0 Å². The monoisotopic (exact) mass is 273 g/mol. The Morgan fingerprint density at radius 3 is 2.83 bits per heavy atom. The Morgan fingerprint density at radius 1 is 1.50 bits per heavy atom. The summed E-state index contributed by atoms with van der Waals surface area (Å²) in [6.45, 7) is 2.88. The number of carbonyl (C=O) groups excluding carboxylic acids is 1. The van der Waals surface area contributed by atoms with Gasteiger partial charge in [-0.25, -0.2) is 13.1 Å². The highest BCUT2D eigenvalue weighted by atomic mass is 32.2. The third-order valence-electron chi connectivity index (χ3n) is 3.05. The lowest BCUT2D eigenvalue weighted by atomic mass is 10.0. The highest BCUT2D eigenvalue weighted by Gasteiger charge is 2.27. The molecule has 0 spiro atoms. The first-order valence-corrected chi connectivity index (χ1v) is 7.17. The molecule has 0 saturated carbocycles. The topological polar surface area (TPSA) is 85.6 Å². The molecule has 0 bridgehead atoms. The molecule has 0 aliphatic carbocycles. The maximum atomic E-state index is 11.9. The van der Waals surface area contributed by atoms with Crippen molar-refractivity contribution in [3.63, 3.8) is 0 Å². The first-order chi connectivity index (χ1) is 8.53. The predicted octanol–water partition coefficient (Wildman–Crippen LogP) is 0.795. The Bertz CT molecular complexity index is 521. The van der Waals surface area contributed by atoms with Gasteiger partial charge in [-0.1, -0.05) is 0 Å². The smallest absolute Gasteiger partial charge is 0.273 e. The van der Waals surface area contributed by atoms with Gasteiger partial charge in [-0.05, 0) is 25.5 Å². The zero-order valence-corrected chi connectivity index (χ0v) is 10.8. The molecule has 1 N–H and O–H groups in total. The van der Waals surface area contributed by atoms with Crippen LogP contribution < -0.4 is 4.72 Å². The number of aldehydes is 1. The molecule has 7 heteroatoms. The molecular formula is C11H15NO5S. The van der Waals surface area contributed by atoms with Gasteiger partial charge in [-0.3, -0.25) is 4.79 Å². The Morgan fingerprint density at radius 2 is 2.28 bits per heavy atom. The van der Waals surface area contributed by atoms with E-state index >= 15 is 0 Å². The molecule has 6 nitrogen and oxygen atoms in total. The predicted molar refractivity (Wildman–Crippen MR) is 62.8 cm³/mol. The van der Waals surface area contributed by atoms with Gasteiger partial charge in [0.25, 0.3) is 10.0 Å². The van der Waals surface area contributed by atoms with E-state index < -0.39 is 10.0 Å². The van der Waals surface area contributed by atoms with Crippen LogP contribution in [0.25, 0.3) is 0 Å². The van der Waals surface area contributed by atoms with E-state index in [9.17, 15) is 13.2 Å². The van der Waals surface area contributed by atoms with Crippen LogP contribution in [0.2, 0.25) is 0 Å². The standard InChI is InChI=1S/C11H15NO5S/c1-8-9(4-5-16-8)6-12-18(14,15)11-3-2-10(7-13)17-11/h2-3,7-9,12H,4-6H2,1H3. The molecule has 2 atom stereocenters. The van der Waals surface area contributed by atoms with Crippen molar-refractivity contribution in [2.45, 2.75) is 24.5 Å². The van der Waals surface area contributed by atoms with Crippen LogP contribution in [0, 0.1) is 5.92 Å². The lowest BCUT2D eigenvalue weighted by Crippen LogP contribution is -2.31. The van der Waals surface area contributed by atoms with Gasteiger partial charge in [0, 0.05) is 19.1 Å². The summed E-state index contributed by atoms with van der Waals surface area (Å²) in [4.78, 5) is 10.4. The normalized spacial score (nSPS) is 24.3. The summed E-state index contributed by atoms with van der Waals surface area (Å²) < 4.78 is 36.4. The first-order valence-electron chi connectivity index (χ1n) is 5.69. The maximum absolute atomic E-state index is 11.9. The van der Waals surface area contributed by atoms with Crippen molar-refractivity contribution >= 4 is 16.3 Å². The van der Waals surface area contributed by atoms with Crippen LogP contribution in [0.3, 0.4) is 0 Å². The van der Waals surface area contributed by atoms with Crippen LogP contribution in [-0.2, 0) is 14.8 Å². The summed E-state index contributed by atoms with van der Waals surface area (Å²) in [6.07, 6.45) is 1.35. The molecule has 1 aliphatic heterocycles. The Balaban J connectivity index is 2.01. The van der Waals surface area contributed by atoms with Gasteiger partial charge in [-0.2, -0.15) is 0 Å². The number of hydrogen-bond donors (Lipinski definition) is 1. The van der Waals surface area contributed by atoms with Gasteiger partial charge in [0.05, 0.1) is 6.10 Å². The summed E-state index contributed by atoms with van der Waals surface area (Å²) in [5, 5.41) is -0.240. The first kappa shape index (κ1) is 13.3. The molecule has 1 aromatic rings. The van der Waals surface area contributed by atoms with Gasteiger partial charge >= 0.3 is 0 Å². The summed E-state index contributed by atoms with van der Waals surface area (Å²) in [5.41, 5.74) is 0. The average molecular weight is 273 g/mol. The molecule has 0 aromatic carbocycles. The number of nitrogens with one attached hydrogen (secondary N) is 1. The van der Waals surface area contributed by atoms with Gasteiger partial charge in [-0.15, -0.1) is 0 Å². The van der Waals surface area contributed by atoms with Crippen LogP contribution in [0.4, 0.5) is 0 Å². The molecule has 2 heterocycles. The van der Waals surface area contributed by atoms with E-state index in [0.717, 1.165) is 6.42 Å². The molecule has 1 saturated heterocycles. The molecule has 1 fully saturated rings. The van der Waals surface area contributed by atoms with Crippen molar-refractivity contribution in [1.29, 1.82) is 0 Å². The van der Waals surface area contributed by atoms with E-state index in [1.165, 1.54) is 12.1 Å². The molecular weight excluding hydrogens is 258 g/mol.